The Bertz CT molecular complexity index is 1000. The third-order valence-electron chi connectivity index (χ3n) is 7.95. The number of likely N-dealkylation sites (tertiary alicyclic amines) is 2. The van der Waals surface area contributed by atoms with E-state index < -0.39 is 0 Å². The molecule has 0 atom stereocenters. The maximum Gasteiger partial charge on any atom is 0.338 e. The van der Waals surface area contributed by atoms with Crippen LogP contribution in [0.25, 0.3) is 11.1 Å². The van der Waals surface area contributed by atoms with E-state index in [1.165, 1.54) is 38.5 Å². The van der Waals surface area contributed by atoms with Gasteiger partial charge in [0.25, 0.3) is 0 Å². The molecule has 6 nitrogen and oxygen atoms in total. The molecule has 0 radical (unpaired) electrons. The number of rotatable bonds is 10. The van der Waals surface area contributed by atoms with Crippen LogP contribution >= 0.6 is 0 Å². The molecule has 0 spiro atoms. The van der Waals surface area contributed by atoms with Crippen LogP contribution in [0, 0.1) is 0 Å². The second-order valence-corrected chi connectivity index (χ2v) is 10.7. The lowest BCUT2D eigenvalue weighted by Gasteiger charge is -2.26. The summed E-state index contributed by atoms with van der Waals surface area (Å²) in [6.07, 6.45) is 10.2. The van der Waals surface area contributed by atoms with Gasteiger partial charge in [0.05, 0.1) is 24.3 Å². The average molecular weight is 505 g/mol. The maximum atomic E-state index is 12.6. The van der Waals surface area contributed by atoms with E-state index >= 15 is 0 Å². The van der Waals surface area contributed by atoms with Crippen LogP contribution in [0.15, 0.2) is 36.4 Å². The lowest BCUT2D eigenvalue weighted by Crippen LogP contribution is -2.31. The molecule has 2 aromatic carbocycles. The molecular weight excluding hydrogens is 464 g/mol. The Kier molecular flexibility index (Phi) is 8.90. The first-order valence-corrected chi connectivity index (χ1v) is 14.2. The Morgan fingerprint density at radius 3 is 1.49 bits per heavy atom. The van der Waals surface area contributed by atoms with E-state index in [1.807, 2.05) is 36.4 Å². The normalized spacial score (nSPS) is 17.7. The lowest BCUT2D eigenvalue weighted by atomic mass is 10.0. The van der Waals surface area contributed by atoms with Crippen molar-refractivity contribution in [3.63, 3.8) is 0 Å². The highest BCUT2D eigenvalue weighted by molar-refractivity contribution is 5.93. The minimum Gasteiger partial charge on any atom is -0.462 e. The number of fused-ring (bicyclic) bond motifs is 3. The minimum absolute atomic E-state index is 0.258. The molecular formula is C31H40N2O4. The number of nitrogens with zero attached hydrogens (tertiary/aromatic N) is 2. The van der Waals surface area contributed by atoms with Crippen molar-refractivity contribution in [3.05, 3.63) is 58.7 Å². The van der Waals surface area contributed by atoms with Crippen molar-refractivity contribution in [1.82, 2.24) is 9.80 Å². The Morgan fingerprint density at radius 1 is 0.622 bits per heavy atom. The van der Waals surface area contributed by atoms with Crippen molar-refractivity contribution < 1.29 is 19.1 Å². The number of ether oxygens (including phenoxy) is 2. The van der Waals surface area contributed by atoms with Crippen molar-refractivity contribution in [2.75, 3.05) is 52.5 Å². The molecule has 6 heteroatoms. The highest BCUT2D eigenvalue weighted by Gasteiger charge is 2.22. The number of carbonyl (C=O) groups is 2. The zero-order valence-corrected chi connectivity index (χ0v) is 22.0. The molecule has 2 aliphatic heterocycles. The number of esters is 2. The largest absolute Gasteiger partial charge is 0.462 e. The van der Waals surface area contributed by atoms with Gasteiger partial charge in [0.15, 0.2) is 0 Å². The molecule has 0 saturated carbocycles. The molecule has 2 saturated heterocycles. The number of carbonyl (C=O) groups excluding carboxylic acids is 2. The van der Waals surface area contributed by atoms with Gasteiger partial charge in [-0.15, -0.1) is 0 Å². The standard InChI is InChI=1S/C31H40N2O4/c34-30(36-19-7-17-32-13-3-1-4-14-32)24-9-11-28-26(21-24)23-27-22-25(10-12-29(27)28)31(35)37-20-8-18-33-15-5-2-6-16-33/h9-12,21-22H,1-8,13-20,23H2. The number of hydrogen-bond acceptors (Lipinski definition) is 6. The van der Waals surface area contributed by atoms with Crippen molar-refractivity contribution in [2.45, 2.75) is 57.8 Å². The summed E-state index contributed by atoms with van der Waals surface area (Å²) in [5, 5.41) is 0. The molecule has 0 aromatic heterocycles. The fraction of sp³-hybridized carbons (Fsp3) is 0.548. The van der Waals surface area contributed by atoms with E-state index in [0.717, 1.165) is 74.4 Å². The quantitative estimate of drug-likeness (QED) is 0.275. The second kappa shape index (κ2) is 12.7. The molecule has 37 heavy (non-hydrogen) atoms. The zero-order valence-electron chi connectivity index (χ0n) is 22.0. The Morgan fingerprint density at radius 2 is 1.05 bits per heavy atom. The van der Waals surface area contributed by atoms with Crippen molar-refractivity contribution >= 4 is 11.9 Å². The number of hydrogen-bond donors (Lipinski definition) is 0. The van der Waals surface area contributed by atoms with Crippen LogP contribution in [-0.2, 0) is 15.9 Å². The first-order chi connectivity index (χ1) is 18.2. The summed E-state index contributed by atoms with van der Waals surface area (Å²) in [6.45, 7) is 7.56. The second-order valence-electron chi connectivity index (χ2n) is 10.7. The van der Waals surface area contributed by atoms with Gasteiger partial charge >= 0.3 is 11.9 Å². The van der Waals surface area contributed by atoms with Crippen LogP contribution in [0.2, 0.25) is 0 Å². The van der Waals surface area contributed by atoms with Crippen molar-refractivity contribution in [1.29, 1.82) is 0 Å². The molecule has 2 fully saturated rings. The van der Waals surface area contributed by atoms with Crippen LogP contribution in [0.4, 0.5) is 0 Å². The van der Waals surface area contributed by atoms with Gasteiger partial charge in [0, 0.05) is 13.1 Å². The van der Waals surface area contributed by atoms with Crippen LogP contribution in [0.5, 0.6) is 0 Å². The first kappa shape index (κ1) is 25.9. The topological polar surface area (TPSA) is 59.1 Å². The van der Waals surface area contributed by atoms with Gasteiger partial charge in [-0.25, -0.2) is 9.59 Å². The molecule has 1 aliphatic carbocycles. The third kappa shape index (κ3) is 6.79. The Hall–Kier alpha value is -2.70. The van der Waals surface area contributed by atoms with Gasteiger partial charge in [-0.2, -0.15) is 0 Å². The predicted octanol–water partition coefficient (Wildman–Crippen LogP) is 5.32. The molecule has 0 amide bonds. The molecule has 5 rings (SSSR count). The van der Waals surface area contributed by atoms with Gasteiger partial charge in [-0.3, -0.25) is 0 Å². The van der Waals surface area contributed by atoms with E-state index in [1.54, 1.807) is 0 Å². The Balaban J connectivity index is 1.10. The highest BCUT2D eigenvalue weighted by atomic mass is 16.5. The van der Waals surface area contributed by atoms with Crippen molar-refractivity contribution in [2.24, 2.45) is 0 Å². The first-order valence-electron chi connectivity index (χ1n) is 14.2. The highest BCUT2D eigenvalue weighted by Crippen LogP contribution is 2.37. The molecule has 2 aromatic rings. The molecule has 0 N–H and O–H groups in total. The summed E-state index contributed by atoms with van der Waals surface area (Å²) in [7, 11) is 0. The lowest BCUT2D eigenvalue weighted by molar-refractivity contribution is 0.0476. The van der Waals surface area contributed by atoms with Gasteiger partial charge in [0.2, 0.25) is 0 Å². The fourth-order valence-electron chi connectivity index (χ4n) is 5.90. The van der Waals surface area contributed by atoms with Gasteiger partial charge < -0.3 is 19.3 Å². The van der Waals surface area contributed by atoms with Gasteiger partial charge in [0.1, 0.15) is 0 Å². The fourth-order valence-corrected chi connectivity index (χ4v) is 5.90. The summed E-state index contributed by atoms with van der Waals surface area (Å²) < 4.78 is 11.1. The summed E-state index contributed by atoms with van der Waals surface area (Å²) in [5.74, 6) is -0.516. The summed E-state index contributed by atoms with van der Waals surface area (Å²) in [6, 6.07) is 11.6. The summed E-state index contributed by atoms with van der Waals surface area (Å²) >= 11 is 0. The summed E-state index contributed by atoms with van der Waals surface area (Å²) in [5.41, 5.74) is 5.64. The maximum absolute atomic E-state index is 12.6. The minimum atomic E-state index is -0.258. The van der Waals surface area contributed by atoms with Crippen LogP contribution in [-0.4, -0.2) is 74.2 Å². The SMILES string of the molecule is O=C(OCCCN1CCCCC1)c1ccc2c(c1)Cc1cc(C(=O)OCCCN3CCCCC3)ccc1-2. The Labute approximate surface area is 220 Å². The van der Waals surface area contributed by atoms with E-state index in [2.05, 4.69) is 9.80 Å². The zero-order chi connectivity index (χ0) is 25.5. The van der Waals surface area contributed by atoms with E-state index in [0.29, 0.717) is 30.8 Å². The molecule has 0 unspecified atom stereocenters. The van der Waals surface area contributed by atoms with E-state index in [-0.39, 0.29) is 11.9 Å². The van der Waals surface area contributed by atoms with E-state index in [4.69, 9.17) is 9.47 Å². The average Bonchev–Trinajstić information content (AvgIpc) is 3.31. The van der Waals surface area contributed by atoms with Crippen molar-refractivity contribution in [3.8, 4) is 11.1 Å². The van der Waals surface area contributed by atoms with Crippen LogP contribution in [0.1, 0.15) is 83.2 Å². The molecule has 198 valence electrons. The van der Waals surface area contributed by atoms with Gasteiger partial charge in [-0.1, -0.05) is 25.0 Å². The predicted molar refractivity (Wildman–Crippen MR) is 145 cm³/mol. The van der Waals surface area contributed by atoms with E-state index in [9.17, 15) is 9.59 Å². The number of piperidine rings is 2. The smallest absolute Gasteiger partial charge is 0.338 e. The third-order valence-corrected chi connectivity index (χ3v) is 7.95. The van der Waals surface area contributed by atoms with Gasteiger partial charge in [-0.05, 0) is 118 Å². The molecule has 0 bridgehead atoms. The molecule has 2 heterocycles. The monoisotopic (exact) mass is 504 g/mol. The summed E-state index contributed by atoms with van der Waals surface area (Å²) in [4.78, 5) is 30.2. The molecule has 3 aliphatic rings. The van der Waals surface area contributed by atoms with Crippen LogP contribution in [0.3, 0.4) is 0 Å². The number of benzene rings is 2. The van der Waals surface area contributed by atoms with Crippen LogP contribution < -0.4 is 0 Å².